The molecular weight excluding hydrogens is 305 g/mol. The number of nitrogens with one attached hydrogen (secondary N) is 2. The van der Waals surface area contributed by atoms with E-state index in [4.69, 9.17) is 23.2 Å². The molecule has 0 aliphatic carbocycles. The zero-order valence-electron chi connectivity index (χ0n) is 10.2. The number of aromatic nitrogens is 2. The summed E-state index contributed by atoms with van der Waals surface area (Å²) in [5.74, 6) is -0.689. The minimum atomic E-state index is -0.704. The molecular formula is C12H9Cl2N3O3. The lowest BCUT2D eigenvalue weighted by molar-refractivity contribution is 0.102. The predicted octanol–water partition coefficient (Wildman–Crippen LogP) is 1.63. The molecule has 2 rings (SSSR count). The summed E-state index contributed by atoms with van der Waals surface area (Å²) in [6, 6.07) is 4.72. The molecule has 1 aromatic heterocycles. The highest BCUT2D eigenvalue weighted by atomic mass is 35.5. The van der Waals surface area contributed by atoms with Crippen LogP contribution in [0.5, 0.6) is 0 Å². The first-order chi connectivity index (χ1) is 9.41. The molecule has 1 aromatic carbocycles. The van der Waals surface area contributed by atoms with Crippen molar-refractivity contribution in [3.63, 3.8) is 0 Å². The van der Waals surface area contributed by atoms with Crippen molar-refractivity contribution in [3.8, 4) is 0 Å². The molecule has 0 bridgehead atoms. The van der Waals surface area contributed by atoms with Crippen LogP contribution in [0.2, 0.25) is 10.0 Å². The van der Waals surface area contributed by atoms with Gasteiger partial charge in [0.15, 0.2) is 0 Å². The number of hydrogen-bond acceptors (Lipinski definition) is 3. The minimum Gasteiger partial charge on any atom is -0.320 e. The van der Waals surface area contributed by atoms with Gasteiger partial charge in [-0.15, -0.1) is 0 Å². The van der Waals surface area contributed by atoms with Gasteiger partial charge in [0, 0.05) is 13.2 Å². The lowest BCUT2D eigenvalue weighted by atomic mass is 10.2. The van der Waals surface area contributed by atoms with E-state index in [0.29, 0.717) is 0 Å². The number of hydrogen-bond donors (Lipinski definition) is 2. The van der Waals surface area contributed by atoms with Crippen molar-refractivity contribution in [2.24, 2.45) is 7.05 Å². The number of carbonyl (C=O) groups is 1. The summed E-state index contributed by atoms with van der Waals surface area (Å²) in [6.45, 7) is 0. The van der Waals surface area contributed by atoms with Gasteiger partial charge in [-0.1, -0.05) is 29.3 Å². The molecule has 2 aromatic rings. The second-order valence-electron chi connectivity index (χ2n) is 3.93. The molecule has 0 radical (unpaired) electrons. The van der Waals surface area contributed by atoms with Gasteiger partial charge < -0.3 is 10.3 Å². The number of rotatable bonds is 2. The van der Waals surface area contributed by atoms with Crippen molar-refractivity contribution in [1.29, 1.82) is 0 Å². The van der Waals surface area contributed by atoms with Gasteiger partial charge in [0.25, 0.3) is 11.5 Å². The minimum absolute atomic E-state index is 0.170. The lowest BCUT2D eigenvalue weighted by Gasteiger charge is -2.08. The van der Waals surface area contributed by atoms with Gasteiger partial charge in [-0.25, -0.2) is 4.79 Å². The van der Waals surface area contributed by atoms with E-state index in [1.54, 1.807) is 18.2 Å². The maximum Gasteiger partial charge on any atom is 0.328 e. The molecule has 1 amide bonds. The third-order valence-electron chi connectivity index (χ3n) is 2.62. The van der Waals surface area contributed by atoms with Gasteiger partial charge >= 0.3 is 5.69 Å². The Balaban J connectivity index is 2.39. The average molecular weight is 314 g/mol. The summed E-state index contributed by atoms with van der Waals surface area (Å²) in [7, 11) is 1.27. The van der Waals surface area contributed by atoms with Crippen LogP contribution in [0.1, 0.15) is 10.4 Å². The molecule has 0 spiro atoms. The Labute approximate surface area is 123 Å². The van der Waals surface area contributed by atoms with Crippen LogP contribution >= 0.6 is 23.2 Å². The number of carbonyl (C=O) groups excluding carboxylic acids is 1. The van der Waals surface area contributed by atoms with Crippen molar-refractivity contribution in [2.75, 3.05) is 5.32 Å². The van der Waals surface area contributed by atoms with E-state index < -0.39 is 17.2 Å². The fraction of sp³-hybridized carbons (Fsp3) is 0.0833. The zero-order chi connectivity index (χ0) is 14.9. The van der Waals surface area contributed by atoms with Crippen molar-refractivity contribution in [1.82, 2.24) is 9.55 Å². The topological polar surface area (TPSA) is 84.0 Å². The van der Waals surface area contributed by atoms with E-state index in [1.807, 2.05) is 0 Å². The normalized spacial score (nSPS) is 10.3. The van der Waals surface area contributed by atoms with Crippen molar-refractivity contribution in [3.05, 3.63) is 60.8 Å². The molecule has 0 fully saturated rings. The molecule has 0 aliphatic heterocycles. The van der Waals surface area contributed by atoms with E-state index in [0.717, 1.165) is 10.8 Å². The first-order valence-corrected chi connectivity index (χ1v) is 6.21. The molecule has 104 valence electrons. The summed E-state index contributed by atoms with van der Waals surface area (Å²) in [4.78, 5) is 37.3. The summed E-state index contributed by atoms with van der Waals surface area (Å²) >= 11 is 11.8. The fourth-order valence-corrected chi connectivity index (χ4v) is 1.87. The van der Waals surface area contributed by atoms with Crippen molar-refractivity contribution >= 4 is 34.8 Å². The van der Waals surface area contributed by atoms with Crippen LogP contribution in [-0.4, -0.2) is 15.5 Å². The Morgan fingerprint density at radius 1 is 1.30 bits per heavy atom. The number of anilines is 1. The third kappa shape index (κ3) is 2.61. The summed E-state index contributed by atoms with van der Waals surface area (Å²) in [5, 5.41) is 2.91. The molecule has 2 N–H and O–H groups in total. The van der Waals surface area contributed by atoms with Crippen molar-refractivity contribution < 1.29 is 4.79 Å². The predicted molar refractivity (Wildman–Crippen MR) is 76.7 cm³/mol. The standard InChI is InChI=1S/C12H9Cl2N3O3/c1-17-11(19)6(5-15-12(17)20)10(18)16-8-4-2-3-7(13)9(8)14/h2-5H,1H3,(H,15,20)(H,16,18). The van der Waals surface area contributed by atoms with E-state index >= 15 is 0 Å². The Morgan fingerprint density at radius 3 is 2.70 bits per heavy atom. The van der Waals surface area contributed by atoms with Gasteiger partial charge in [0.2, 0.25) is 0 Å². The highest BCUT2D eigenvalue weighted by molar-refractivity contribution is 6.44. The first-order valence-electron chi connectivity index (χ1n) is 5.46. The van der Waals surface area contributed by atoms with E-state index in [1.165, 1.54) is 7.05 Å². The Morgan fingerprint density at radius 2 is 2.00 bits per heavy atom. The van der Waals surface area contributed by atoms with Gasteiger partial charge in [-0.3, -0.25) is 14.2 Å². The second kappa shape index (κ2) is 5.52. The summed E-state index contributed by atoms with van der Waals surface area (Å²) in [5.41, 5.74) is -1.24. The number of benzene rings is 1. The quantitative estimate of drug-likeness (QED) is 0.884. The Bertz CT molecular complexity index is 795. The zero-order valence-corrected chi connectivity index (χ0v) is 11.7. The monoisotopic (exact) mass is 313 g/mol. The number of amides is 1. The van der Waals surface area contributed by atoms with E-state index in [2.05, 4.69) is 10.3 Å². The summed E-state index contributed by atoms with van der Waals surface area (Å²) in [6.07, 6.45) is 1.05. The molecule has 0 unspecified atom stereocenters. The smallest absolute Gasteiger partial charge is 0.320 e. The largest absolute Gasteiger partial charge is 0.328 e. The molecule has 0 aliphatic rings. The van der Waals surface area contributed by atoms with Crippen LogP contribution in [0.25, 0.3) is 0 Å². The molecule has 0 atom stereocenters. The van der Waals surface area contributed by atoms with Gasteiger partial charge in [0.05, 0.1) is 15.7 Å². The van der Waals surface area contributed by atoms with E-state index in [9.17, 15) is 14.4 Å². The van der Waals surface area contributed by atoms with Crippen LogP contribution < -0.4 is 16.6 Å². The maximum absolute atomic E-state index is 12.0. The Kier molecular flexibility index (Phi) is 3.96. The van der Waals surface area contributed by atoms with Gasteiger partial charge in [0.1, 0.15) is 5.56 Å². The highest BCUT2D eigenvalue weighted by Gasteiger charge is 2.15. The van der Waals surface area contributed by atoms with Crippen LogP contribution in [-0.2, 0) is 7.05 Å². The lowest BCUT2D eigenvalue weighted by Crippen LogP contribution is -2.37. The SMILES string of the molecule is Cn1c(=O)[nH]cc(C(=O)Nc2cccc(Cl)c2Cl)c1=O. The fourth-order valence-electron chi connectivity index (χ4n) is 1.52. The van der Waals surface area contributed by atoms with Crippen LogP contribution in [0.15, 0.2) is 34.0 Å². The Hall–Kier alpha value is -2.05. The van der Waals surface area contributed by atoms with Crippen LogP contribution in [0.3, 0.4) is 0 Å². The van der Waals surface area contributed by atoms with Crippen molar-refractivity contribution in [2.45, 2.75) is 0 Å². The molecule has 0 saturated heterocycles. The second-order valence-corrected chi connectivity index (χ2v) is 4.71. The summed E-state index contributed by atoms with van der Waals surface area (Å²) < 4.78 is 0.800. The number of nitrogens with zero attached hydrogens (tertiary/aromatic N) is 1. The van der Waals surface area contributed by atoms with Gasteiger partial charge in [-0.2, -0.15) is 0 Å². The number of aromatic amines is 1. The molecule has 1 heterocycles. The third-order valence-corrected chi connectivity index (χ3v) is 3.44. The maximum atomic E-state index is 12.0. The van der Waals surface area contributed by atoms with Crippen LogP contribution in [0.4, 0.5) is 5.69 Å². The molecule has 6 nitrogen and oxygen atoms in total. The molecule has 8 heteroatoms. The molecule has 20 heavy (non-hydrogen) atoms. The number of halogens is 2. The number of H-pyrrole nitrogens is 1. The van der Waals surface area contributed by atoms with E-state index in [-0.39, 0.29) is 21.3 Å². The van der Waals surface area contributed by atoms with Crippen LogP contribution in [0, 0.1) is 0 Å². The molecule has 0 saturated carbocycles. The van der Waals surface area contributed by atoms with Gasteiger partial charge in [-0.05, 0) is 12.1 Å². The first kappa shape index (κ1) is 14.4. The highest BCUT2D eigenvalue weighted by Crippen LogP contribution is 2.29. The average Bonchev–Trinajstić information content (AvgIpc) is 2.41.